The van der Waals surface area contributed by atoms with Gasteiger partial charge in [-0.2, -0.15) is 0 Å². The lowest BCUT2D eigenvalue weighted by Gasteiger charge is -2.09. The van der Waals surface area contributed by atoms with Gasteiger partial charge in [0.1, 0.15) is 0 Å². The summed E-state index contributed by atoms with van der Waals surface area (Å²) >= 11 is 5.65. The number of anilines is 1. The maximum absolute atomic E-state index is 12.2. The second kappa shape index (κ2) is 36.1. The molecule has 0 spiro atoms. The second-order valence-corrected chi connectivity index (χ2v) is 12.5. The summed E-state index contributed by atoms with van der Waals surface area (Å²) in [6.07, 6.45) is 8.20. The lowest BCUT2D eigenvalue weighted by Crippen LogP contribution is -2.30. The Labute approximate surface area is 319 Å². The number of alkyl halides is 1. The molecule has 16 heteroatoms. The van der Waals surface area contributed by atoms with E-state index < -0.39 is 5.91 Å². The van der Waals surface area contributed by atoms with E-state index in [0.717, 1.165) is 56.6 Å². The standard InChI is InChI=1S/C37H63ClN4O11/c38-17-7-3-4-8-19-48-21-23-50-25-27-52-29-30-53-28-26-51-24-22-49-20-18-39-34(43)15-16-35(44)40-31-32-11-13-33(14-12-32)41-36(45)9-5-1-2-6-10-37(46)42-47/h11-14,47H,1-10,15-31H2,(H,39,43)(H,40,44)(H,41,45)(H,42,46). The first-order valence-corrected chi connectivity index (χ1v) is 19.4. The highest BCUT2D eigenvalue weighted by atomic mass is 35.5. The smallest absolute Gasteiger partial charge is 0.243 e. The molecule has 1 aromatic carbocycles. The number of hydroxylamine groups is 1. The van der Waals surface area contributed by atoms with Crippen LogP contribution >= 0.6 is 11.6 Å². The van der Waals surface area contributed by atoms with Crippen molar-refractivity contribution in [1.29, 1.82) is 0 Å². The molecule has 53 heavy (non-hydrogen) atoms. The fourth-order valence-corrected chi connectivity index (χ4v) is 4.82. The highest BCUT2D eigenvalue weighted by Gasteiger charge is 2.08. The minimum atomic E-state index is -0.404. The molecule has 4 amide bonds. The molecule has 1 aromatic rings. The van der Waals surface area contributed by atoms with Crippen LogP contribution < -0.4 is 21.4 Å². The van der Waals surface area contributed by atoms with Gasteiger partial charge in [0.15, 0.2) is 0 Å². The van der Waals surface area contributed by atoms with E-state index in [-0.39, 0.29) is 37.0 Å². The average molecular weight is 775 g/mol. The highest BCUT2D eigenvalue weighted by molar-refractivity contribution is 6.17. The Kier molecular flexibility index (Phi) is 32.8. The van der Waals surface area contributed by atoms with E-state index in [9.17, 15) is 19.2 Å². The summed E-state index contributed by atoms with van der Waals surface area (Å²) in [6.45, 7) is 6.62. The van der Waals surface area contributed by atoms with Gasteiger partial charge in [0.2, 0.25) is 23.6 Å². The van der Waals surface area contributed by atoms with Gasteiger partial charge in [0, 0.05) is 56.9 Å². The molecule has 0 aliphatic carbocycles. The monoisotopic (exact) mass is 774 g/mol. The first kappa shape index (κ1) is 48.1. The predicted molar refractivity (Wildman–Crippen MR) is 201 cm³/mol. The summed E-state index contributed by atoms with van der Waals surface area (Å²) in [6, 6.07) is 7.18. The Morgan fingerprint density at radius 3 is 1.47 bits per heavy atom. The maximum atomic E-state index is 12.2. The van der Waals surface area contributed by atoms with Crippen LogP contribution in [0, 0.1) is 0 Å². The Morgan fingerprint density at radius 2 is 0.943 bits per heavy atom. The van der Waals surface area contributed by atoms with E-state index >= 15 is 0 Å². The molecule has 0 bridgehead atoms. The van der Waals surface area contributed by atoms with Crippen molar-refractivity contribution in [2.75, 3.05) is 97.0 Å². The number of hydrogen-bond acceptors (Lipinski definition) is 11. The van der Waals surface area contributed by atoms with Crippen molar-refractivity contribution in [3.63, 3.8) is 0 Å². The molecule has 304 valence electrons. The predicted octanol–water partition coefficient (Wildman–Crippen LogP) is 3.88. The molecule has 0 radical (unpaired) electrons. The molecule has 1 rings (SSSR count). The van der Waals surface area contributed by atoms with Crippen LogP contribution in [0.4, 0.5) is 5.69 Å². The van der Waals surface area contributed by atoms with Gasteiger partial charge >= 0.3 is 0 Å². The van der Waals surface area contributed by atoms with Gasteiger partial charge in [0.05, 0.1) is 72.7 Å². The Balaban J connectivity index is 1.87. The van der Waals surface area contributed by atoms with Gasteiger partial charge in [0.25, 0.3) is 0 Å². The molecule has 0 fully saturated rings. The number of benzene rings is 1. The summed E-state index contributed by atoms with van der Waals surface area (Å²) in [5, 5.41) is 16.8. The second-order valence-electron chi connectivity index (χ2n) is 12.1. The van der Waals surface area contributed by atoms with Crippen LogP contribution in [-0.4, -0.2) is 121 Å². The lowest BCUT2D eigenvalue weighted by molar-refractivity contribution is -0.129. The van der Waals surface area contributed by atoms with Gasteiger partial charge < -0.3 is 44.4 Å². The summed E-state index contributed by atoms with van der Waals surface area (Å²) in [5.41, 5.74) is 3.13. The van der Waals surface area contributed by atoms with E-state index in [4.69, 9.17) is 45.2 Å². The number of unbranched alkanes of at least 4 members (excludes halogenated alkanes) is 6. The molecule has 0 aliphatic rings. The molecule has 0 unspecified atom stereocenters. The molecule has 0 aromatic heterocycles. The molecule has 0 atom stereocenters. The summed E-state index contributed by atoms with van der Waals surface area (Å²) in [4.78, 5) is 47.4. The highest BCUT2D eigenvalue weighted by Crippen LogP contribution is 2.12. The van der Waals surface area contributed by atoms with Crippen LogP contribution in [0.3, 0.4) is 0 Å². The zero-order valence-corrected chi connectivity index (χ0v) is 32.1. The fraction of sp³-hybridized carbons (Fsp3) is 0.730. The zero-order chi connectivity index (χ0) is 38.5. The number of carbonyl (C=O) groups excluding carboxylic acids is 4. The maximum Gasteiger partial charge on any atom is 0.243 e. The molecule has 5 N–H and O–H groups in total. The molecule has 0 heterocycles. The Hall–Kier alpha value is -2.89. The molecule has 0 saturated carbocycles. The third-order valence-electron chi connectivity index (χ3n) is 7.59. The number of halogens is 1. The number of amides is 4. The zero-order valence-electron chi connectivity index (χ0n) is 31.3. The topological polar surface area (TPSA) is 192 Å². The van der Waals surface area contributed by atoms with Crippen LogP contribution in [0.2, 0.25) is 0 Å². The molecular formula is C37H63ClN4O11. The third kappa shape index (κ3) is 32.3. The van der Waals surface area contributed by atoms with Gasteiger partial charge in [-0.25, -0.2) is 5.48 Å². The van der Waals surface area contributed by atoms with Crippen molar-refractivity contribution in [1.82, 2.24) is 16.1 Å². The van der Waals surface area contributed by atoms with Crippen molar-refractivity contribution in [2.24, 2.45) is 0 Å². The van der Waals surface area contributed by atoms with Crippen LogP contribution in [0.1, 0.15) is 82.6 Å². The van der Waals surface area contributed by atoms with E-state index in [0.29, 0.717) is 111 Å². The van der Waals surface area contributed by atoms with E-state index in [1.807, 2.05) is 12.1 Å². The fourth-order valence-electron chi connectivity index (χ4n) is 4.63. The number of ether oxygens (including phenoxy) is 6. The molecule has 0 saturated heterocycles. The first-order chi connectivity index (χ1) is 25.9. The number of nitrogens with one attached hydrogen (secondary N) is 4. The summed E-state index contributed by atoms with van der Waals surface area (Å²) < 4.78 is 32.9. The van der Waals surface area contributed by atoms with Crippen LogP contribution in [0.25, 0.3) is 0 Å². The largest absolute Gasteiger partial charge is 0.379 e. The summed E-state index contributed by atoms with van der Waals surface area (Å²) in [7, 11) is 0. The SMILES string of the molecule is O=C(CCCCCCC(=O)Nc1ccc(CNC(=O)CCC(=O)NCCOCCOCCOCCOCCOCCOCCCCCCCl)cc1)NO. The normalized spacial score (nSPS) is 11.0. The number of rotatable bonds is 37. The first-order valence-electron chi connectivity index (χ1n) is 18.8. The van der Waals surface area contributed by atoms with E-state index in [2.05, 4.69) is 16.0 Å². The lowest BCUT2D eigenvalue weighted by atomic mass is 10.1. The van der Waals surface area contributed by atoms with Crippen LogP contribution in [0.5, 0.6) is 0 Å². The van der Waals surface area contributed by atoms with Crippen molar-refractivity contribution < 1.29 is 52.8 Å². The van der Waals surface area contributed by atoms with Crippen molar-refractivity contribution in [3.8, 4) is 0 Å². The molecular weight excluding hydrogens is 712 g/mol. The van der Waals surface area contributed by atoms with Gasteiger partial charge in [-0.3, -0.25) is 24.4 Å². The van der Waals surface area contributed by atoms with Crippen LogP contribution in [-0.2, 0) is 54.1 Å². The minimum absolute atomic E-state index is 0.0681. The van der Waals surface area contributed by atoms with Crippen LogP contribution in [0.15, 0.2) is 24.3 Å². The third-order valence-corrected chi connectivity index (χ3v) is 7.86. The number of hydrogen-bond donors (Lipinski definition) is 5. The Morgan fingerprint density at radius 1 is 0.491 bits per heavy atom. The average Bonchev–Trinajstić information content (AvgIpc) is 3.16. The van der Waals surface area contributed by atoms with Gasteiger partial charge in [-0.1, -0.05) is 37.8 Å². The molecule has 15 nitrogen and oxygen atoms in total. The van der Waals surface area contributed by atoms with Crippen molar-refractivity contribution in [2.45, 2.75) is 83.6 Å². The van der Waals surface area contributed by atoms with Crippen molar-refractivity contribution >= 4 is 40.9 Å². The van der Waals surface area contributed by atoms with Gasteiger partial charge in [-0.05, 0) is 43.4 Å². The number of carbonyl (C=O) groups is 4. The van der Waals surface area contributed by atoms with Crippen molar-refractivity contribution in [3.05, 3.63) is 29.8 Å². The quantitative estimate of drug-likeness (QED) is 0.0285. The van der Waals surface area contributed by atoms with E-state index in [1.165, 1.54) is 0 Å². The molecule has 0 aliphatic heterocycles. The van der Waals surface area contributed by atoms with Gasteiger partial charge in [-0.15, -0.1) is 11.6 Å². The summed E-state index contributed by atoms with van der Waals surface area (Å²) in [5.74, 6) is -0.232. The Bertz CT molecular complexity index is 1070. The van der Waals surface area contributed by atoms with E-state index in [1.54, 1.807) is 17.6 Å². The minimum Gasteiger partial charge on any atom is -0.379 e.